The SMILES string of the molecule is COc1cccc(N2C(=O)NC(=O)[C@H](/C=N\NC(=O)c3ccc(NC(C)=O)cc3)C2=O)c1. The average molecular weight is 437 g/mol. The second-order valence-electron chi connectivity index (χ2n) is 6.62. The van der Waals surface area contributed by atoms with Crippen molar-refractivity contribution >= 4 is 47.2 Å². The summed E-state index contributed by atoms with van der Waals surface area (Å²) in [6, 6.07) is 11.3. The van der Waals surface area contributed by atoms with Crippen molar-refractivity contribution in [2.75, 3.05) is 17.3 Å². The minimum Gasteiger partial charge on any atom is -0.497 e. The van der Waals surface area contributed by atoms with Gasteiger partial charge in [0.1, 0.15) is 5.75 Å². The third kappa shape index (κ3) is 4.95. The number of urea groups is 1. The highest BCUT2D eigenvalue weighted by Crippen LogP contribution is 2.24. The van der Waals surface area contributed by atoms with Crippen molar-refractivity contribution in [2.45, 2.75) is 6.92 Å². The van der Waals surface area contributed by atoms with Crippen LogP contribution in [0.4, 0.5) is 16.2 Å². The van der Waals surface area contributed by atoms with Crippen LogP contribution in [0.3, 0.4) is 0 Å². The molecule has 0 saturated carbocycles. The first-order valence-corrected chi connectivity index (χ1v) is 9.34. The number of nitrogens with one attached hydrogen (secondary N) is 3. The first-order chi connectivity index (χ1) is 15.3. The van der Waals surface area contributed by atoms with Crippen LogP contribution in [0, 0.1) is 5.92 Å². The van der Waals surface area contributed by atoms with Gasteiger partial charge in [-0.25, -0.2) is 15.1 Å². The van der Waals surface area contributed by atoms with E-state index in [1.54, 1.807) is 12.1 Å². The van der Waals surface area contributed by atoms with E-state index >= 15 is 0 Å². The number of carbonyl (C=O) groups is 5. The Morgan fingerprint density at radius 1 is 1.12 bits per heavy atom. The molecular formula is C21H19N5O6. The van der Waals surface area contributed by atoms with Crippen molar-refractivity contribution in [3.8, 4) is 5.75 Å². The minimum absolute atomic E-state index is 0.209. The fourth-order valence-corrected chi connectivity index (χ4v) is 2.86. The van der Waals surface area contributed by atoms with Gasteiger partial charge in [-0.1, -0.05) is 6.07 Å². The fourth-order valence-electron chi connectivity index (χ4n) is 2.86. The van der Waals surface area contributed by atoms with Crippen molar-refractivity contribution in [3.63, 3.8) is 0 Å². The number of barbiturate groups is 1. The summed E-state index contributed by atoms with van der Waals surface area (Å²) in [5.41, 5.74) is 3.19. The molecular weight excluding hydrogens is 418 g/mol. The molecule has 1 fully saturated rings. The Kier molecular flexibility index (Phi) is 6.59. The van der Waals surface area contributed by atoms with Gasteiger partial charge in [0.2, 0.25) is 11.8 Å². The molecule has 0 aromatic heterocycles. The number of hydrogen-bond donors (Lipinski definition) is 3. The summed E-state index contributed by atoms with van der Waals surface area (Å²) in [5, 5.41) is 8.35. The van der Waals surface area contributed by atoms with Crippen LogP contribution in [0.25, 0.3) is 0 Å². The molecule has 1 atom stereocenters. The van der Waals surface area contributed by atoms with E-state index in [-0.39, 0.29) is 17.2 Å². The molecule has 3 N–H and O–H groups in total. The van der Waals surface area contributed by atoms with Crippen LogP contribution < -0.4 is 25.7 Å². The van der Waals surface area contributed by atoms with Crippen molar-refractivity contribution in [2.24, 2.45) is 11.0 Å². The van der Waals surface area contributed by atoms with Crippen LogP contribution in [0.15, 0.2) is 53.6 Å². The molecule has 32 heavy (non-hydrogen) atoms. The number of methoxy groups -OCH3 is 1. The lowest BCUT2D eigenvalue weighted by atomic mass is 10.1. The molecule has 3 rings (SSSR count). The van der Waals surface area contributed by atoms with Gasteiger partial charge in [-0.05, 0) is 36.4 Å². The fraction of sp³-hybridized carbons (Fsp3) is 0.143. The lowest BCUT2D eigenvalue weighted by Crippen LogP contribution is -2.58. The van der Waals surface area contributed by atoms with Crippen molar-refractivity contribution in [1.29, 1.82) is 0 Å². The smallest absolute Gasteiger partial charge is 0.335 e. The number of amides is 6. The molecule has 11 heteroatoms. The molecule has 0 radical (unpaired) electrons. The third-order valence-electron chi connectivity index (χ3n) is 4.37. The highest BCUT2D eigenvalue weighted by atomic mass is 16.5. The van der Waals surface area contributed by atoms with Crippen LogP contribution in [-0.4, -0.2) is 43.0 Å². The number of rotatable bonds is 6. The Hall–Kier alpha value is -4.54. The lowest BCUT2D eigenvalue weighted by molar-refractivity contribution is -0.131. The van der Waals surface area contributed by atoms with E-state index < -0.39 is 29.7 Å². The van der Waals surface area contributed by atoms with Gasteiger partial charge in [-0.2, -0.15) is 5.10 Å². The van der Waals surface area contributed by atoms with Crippen LogP contribution in [-0.2, 0) is 14.4 Å². The predicted molar refractivity (Wildman–Crippen MR) is 114 cm³/mol. The molecule has 1 heterocycles. The summed E-state index contributed by atoms with van der Waals surface area (Å²) in [6.07, 6.45) is 0.945. The minimum atomic E-state index is -1.43. The number of imide groups is 2. The first-order valence-electron chi connectivity index (χ1n) is 9.34. The Balaban J connectivity index is 1.70. The molecule has 0 bridgehead atoms. The second-order valence-corrected chi connectivity index (χ2v) is 6.62. The number of ether oxygens (including phenoxy) is 1. The van der Waals surface area contributed by atoms with Gasteiger partial charge in [-0.3, -0.25) is 24.5 Å². The van der Waals surface area contributed by atoms with Gasteiger partial charge in [0.15, 0.2) is 5.92 Å². The maximum absolute atomic E-state index is 12.8. The second kappa shape index (κ2) is 9.51. The first kappa shape index (κ1) is 22.2. The van der Waals surface area contributed by atoms with Gasteiger partial charge in [0, 0.05) is 30.5 Å². The maximum Gasteiger partial charge on any atom is 0.335 e. The van der Waals surface area contributed by atoms with Crippen molar-refractivity contribution < 1.29 is 28.7 Å². The zero-order valence-electron chi connectivity index (χ0n) is 17.1. The zero-order chi connectivity index (χ0) is 23.3. The molecule has 2 aromatic carbocycles. The zero-order valence-corrected chi connectivity index (χ0v) is 17.1. The molecule has 1 aliphatic heterocycles. The van der Waals surface area contributed by atoms with Gasteiger partial charge < -0.3 is 10.1 Å². The monoisotopic (exact) mass is 437 g/mol. The molecule has 11 nitrogen and oxygen atoms in total. The van der Waals surface area contributed by atoms with E-state index in [1.807, 2.05) is 0 Å². The highest BCUT2D eigenvalue weighted by molar-refractivity contribution is 6.32. The maximum atomic E-state index is 12.8. The van der Waals surface area contributed by atoms with Crippen molar-refractivity contribution in [3.05, 3.63) is 54.1 Å². The van der Waals surface area contributed by atoms with E-state index in [0.717, 1.165) is 11.1 Å². The van der Waals surface area contributed by atoms with E-state index in [9.17, 15) is 24.0 Å². The van der Waals surface area contributed by atoms with Gasteiger partial charge in [0.05, 0.1) is 12.8 Å². The molecule has 0 aliphatic carbocycles. The standard InChI is InChI=1S/C21H19N5O6/c1-12(27)23-14-8-6-13(7-9-14)18(28)25-22-11-17-19(29)24-21(31)26(20(17)30)15-4-3-5-16(10-15)32-2/h3-11,17H,1-2H3,(H,23,27)(H,25,28)(H,24,29,31)/b22-11-/t17-/m0/s1. The normalized spacial score (nSPS) is 16.0. The van der Waals surface area contributed by atoms with Crippen LogP contribution in [0.2, 0.25) is 0 Å². The third-order valence-corrected chi connectivity index (χ3v) is 4.37. The Morgan fingerprint density at radius 3 is 2.50 bits per heavy atom. The molecule has 1 aliphatic rings. The number of hydrazone groups is 1. The average Bonchev–Trinajstić information content (AvgIpc) is 2.76. The summed E-state index contributed by atoms with van der Waals surface area (Å²) in [6.45, 7) is 1.36. The van der Waals surface area contributed by atoms with Crippen LogP contribution in [0.5, 0.6) is 5.75 Å². The largest absolute Gasteiger partial charge is 0.497 e. The summed E-state index contributed by atoms with van der Waals surface area (Å²) in [7, 11) is 1.44. The predicted octanol–water partition coefficient (Wildman–Crippen LogP) is 1.27. The highest BCUT2D eigenvalue weighted by Gasteiger charge is 2.40. The summed E-state index contributed by atoms with van der Waals surface area (Å²) >= 11 is 0. The topological polar surface area (TPSA) is 146 Å². The van der Waals surface area contributed by atoms with Crippen LogP contribution >= 0.6 is 0 Å². The number of hydrogen-bond acceptors (Lipinski definition) is 7. The molecule has 1 saturated heterocycles. The van der Waals surface area contributed by atoms with Gasteiger partial charge in [0.25, 0.3) is 11.8 Å². The van der Waals surface area contributed by atoms with E-state index in [1.165, 1.54) is 50.4 Å². The van der Waals surface area contributed by atoms with E-state index in [0.29, 0.717) is 11.4 Å². The van der Waals surface area contributed by atoms with Gasteiger partial charge in [-0.15, -0.1) is 0 Å². The molecule has 0 unspecified atom stereocenters. The number of anilines is 2. The lowest BCUT2D eigenvalue weighted by Gasteiger charge is -2.28. The number of carbonyl (C=O) groups excluding carboxylic acids is 5. The molecule has 0 spiro atoms. The molecule has 164 valence electrons. The summed E-state index contributed by atoms with van der Waals surface area (Å²) < 4.78 is 5.09. The summed E-state index contributed by atoms with van der Waals surface area (Å²) in [5.74, 6) is -3.55. The Morgan fingerprint density at radius 2 is 1.84 bits per heavy atom. The molecule has 6 amide bonds. The Labute approximate surface area is 182 Å². The number of benzene rings is 2. The molecule has 2 aromatic rings. The van der Waals surface area contributed by atoms with Crippen LogP contribution in [0.1, 0.15) is 17.3 Å². The van der Waals surface area contributed by atoms with E-state index in [2.05, 4.69) is 21.2 Å². The number of nitrogens with zero attached hydrogens (tertiary/aromatic N) is 2. The van der Waals surface area contributed by atoms with Crippen molar-refractivity contribution in [1.82, 2.24) is 10.7 Å². The quantitative estimate of drug-likeness (QED) is 0.352. The van der Waals surface area contributed by atoms with Gasteiger partial charge >= 0.3 is 6.03 Å². The Bertz CT molecular complexity index is 1110. The van der Waals surface area contributed by atoms with E-state index in [4.69, 9.17) is 4.74 Å². The summed E-state index contributed by atoms with van der Waals surface area (Å²) in [4.78, 5) is 61.2.